The first-order valence-electron chi connectivity index (χ1n) is 32.7. The maximum absolute atomic E-state index is 5.48. The first kappa shape index (κ1) is 56.0. The van der Waals surface area contributed by atoms with Crippen molar-refractivity contribution in [3.63, 3.8) is 0 Å². The van der Waals surface area contributed by atoms with Crippen molar-refractivity contribution < 1.29 is 0 Å². The Hall–Kier alpha value is -12.8. The summed E-state index contributed by atoms with van der Waals surface area (Å²) in [4.78, 5) is 19.7. The lowest BCUT2D eigenvalue weighted by Crippen LogP contribution is -1.94. The van der Waals surface area contributed by atoms with Gasteiger partial charge < -0.3 is 0 Å². The van der Waals surface area contributed by atoms with E-state index in [1.165, 1.54) is 104 Å². The zero-order valence-corrected chi connectivity index (χ0v) is 52.3. The van der Waals surface area contributed by atoms with Crippen LogP contribution in [0.1, 0.15) is 0 Å². The van der Waals surface area contributed by atoms with Crippen LogP contribution in [-0.2, 0) is 0 Å². The molecule has 4 aromatic heterocycles. The van der Waals surface area contributed by atoms with E-state index in [9.17, 15) is 0 Å². The first-order chi connectivity index (χ1) is 47.6. The van der Waals surface area contributed by atoms with Gasteiger partial charge in [-0.3, -0.25) is 9.97 Å². The third-order valence-corrected chi connectivity index (χ3v) is 19.3. The van der Waals surface area contributed by atoms with Gasteiger partial charge in [0, 0.05) is 56.6 Å². The monoisotopic (exact) mass is 1220 g/mol. The predicted molar refractivity (Wildman–Crippen MR) is 405 cm³/mol. The lowest BCUT2D eigenvalue weighted by molar-refractivity contribution is 1.33. The van der Waals surface area contributed by atoms with Crippen molar-refractivity contribution in [3.05, 3.63) is 352 Å². The van der Waals surface area contributed by atoms with Crippen LogP contribution in [0.4, 0.5) is 0 Å². The number of nitrogens with zero attached hydrogens (tertiary/aromatic N) is 4. The number of hydrogen-bond acceptors (Lipinski definition) is 4. The van der Waals surface area contributed by atoms with Gasteiger partial charge in [-0.15, -0.1) is 0 Å². The fourth-order valence-electron chi connectivity index (χ4n) is 14.7. The smallest absolute Gasteiger partial charge is 0.0794 e. The van der Waals surface area contributed by atoms with Gasteiger partial charge in [0.15, 0.2) is 0 Å². The minimum absolute atomic E-state index is 0.953. The van der Waals surface area contributed by atoms with E-state index in [1.807, 2.05) is 36.8 Å². The van der Waals surface area contributed by atoms with Crippen molar-refractivity contribution >= 4 is 97.3 Å². The van der Waals surface area contributed by atoms with Crippen LogP contribution in [0.3, 0.4) is 0 Å². The molecule has 19 rings (SSSR count). The van der Waals surface area contributed by atoms with Crippen molar-refractivity contribution in [2.45, 2.75) is 0 Å². The maximum atomic E-state index is 5.48. The van der Waals surface area contributed by atoms with E-state index in [2.05, 4.69) is 325 Å². The molecule has 0 aliphatic heterocycles. The molecule has 0 aliphatic carbocycles. The van der Waals surface area contributed by atoms with Gasteiger partial charge in [-0.1, -0.05) is 285 Å². The molecule has 446 valence electrons. The van der Waals surface area contributed by atoms with Crippen molar-refractivity contribution in [1.82, 2.24) is 19.9 Å². The van der Waals surface area contributed by atoms with E-state index in [1.54, 1.807) is 0 Å². The molecule has 0 aliphatic rings. The van der Waals surface area contributed by atoms with Gasteiger partial charge in [0.25, 0.3) is 0 Å². The molecule has 0 bridgehead atoms. The Balaban J connectivity index is 0.000000141. The van der Waals surface area contributed by atoms with Crippen LogP contribution < -0.4 is 0 Å². The highest BCUT2D eigenvalue weighted by Crippen LogP contribution is 2.46. The van der Waals surface area contributed by atoms with Crippen LogP contribution in [0, 0.1) is 0 Å². The van der Waals surface area contributed by atoms with Gasteiger partial charge in [0.2, 0.25) is 0 Å². The standard InChI is InChI=1S/C48H30N2.C44H28N2/c1-3-15-35-31(11-1)13-9-20-38(35)43-29-45-44(39-21-10-14-32-12-2-4-16-36(32)39)30-47(50-48(45)42-19-6-5-17-40(42)43)34-25-23-33(24-26-34)37-27-28-49-46-22-8-7-18-41(37)46;1-3-13-34-31(9-1)11-7-17-36(34)40-27-42-41(37-18-8-12-32-10-2-4-14-35(32)37)28-43(46-44(42)39-16-6-5-15-38(39)40)33-21-19-29(20-22-33)30-23-25-45-26-24-30/h1-30H;1-28H. The lowest BCUT2D eigenvalue weighted by atomic mass is 9.88. The fraction of sp³-hybridized carbons (Fsp3) is 0. The summed E-state index contributed by atoms with van der Waals surface area (Å²) in [7, 11) is 0. The van der Waals surface area contributed by atoms with E-state index in [0.717, 1.165) is 82.7 Å². The summed E-state index contributed by atoms with van der Waals surface area (Å²) < 4.78 is 0. The minimum atomic E-state index is 0.953. The second-order valence-corrected chi connectivity index (χ2v) is 24.7. The van der Waals surface area contributed by atoms with Crippen LogP contribution in [0.2, 0.25) is 0 Å². The van der Waals surface area contributed by atoms with Crippen LogP contribution in [0.5, 0.6) is 0 Å². The molecular formula is C92H58N4. The average molecular weight is 1220 g/mol. The largest absolute Gasteiger partial charge is 0.265 e. The molecule has 4 heteroatoms. The molecule has 0 spiro atoms. The summed E-state index contributed by atoms with van der Waals surface area (Å²) in [5.74, 6) is 0. The molecular weight excluding hydrogens is 1160 g/mol. The number of para-hydroxylation sites is 1. The molecule has 96 heavy (non-hydrogen) atoms. The Morgan fingerprint density at radius 3 is 0.927 bits per heavy atom. The fourth-order valence-corrected chi connectivity index (χ4v) is 14.7. The van der Waals surface area contributed by atoms with Crippen LogP contribution >= 0.6 is 0 Å². The molecule has 0 unspecified atom stereocenters. The summed E-state index contributed by atoms with van der Waals surface area (Å²) >= 11 is 0. The quantitative estimate of drug-likeness (QED) is 0.142. The lowest BCUT2D eigenvalue weighted by Gasteiger charge is -2.17. The van der Waals surface area contributed by atoms with E-state index in [-0.39, 0.29) is 0 Å². The third-order valence-electron chi connectivity index (χ3n) is 19.3. The third kappa shape index (κ3) is 9.87. The Kier molecular flexibility index (Phi) is 13.8. The molecule has 0 saturated carbocycles. The summed E-state index contributed by atoms with van der Waals surface area (Å²) in [6.07, 6.45) is 5.56. The van der Waals surface area contributed by atoms with E-state index in [0.29, 0.717) is 0 Å². The molecule has 0 N–H and O–H groups in total. The van der Waals surface area contributed by atoms with Gasteiger partial charge in [-0.2, -0.15) is 0 Å². The van der Waals surface area contributed by atoms with Crippen molar-refractivity contribution in [3.8, 4) is 89.3 Å². The molecule has 0 saturated heterocycles. The normalized spacial score (nSPS) is 11.5. The average Bonchev–Trinajstić information content (AvgIpc) is 0.741. The van der Waals surface area contributed by atoms with Crippen LogP contribution in [0.15, 0.2) is 352 Å². The highest BCUT2D eigenvalue weighted by Gasteiger charge is 2.21. The molecule has 0 amide bonds. The van der Waals surface area contributed by atoms with Gasteiger partial charge in [0.1, 0.15) is 0 Å². The zero-order chi connectivity index (χ0) is 63.5. The molecule has 0 radical (unpaired) electrons. The zero-order valence-electron chi connectivity index (χ0n) is 52.3. The van der Waals surface area contributed by atoms with E-state index in [4.69, 9.17) is 9.97 Å². The Morgan fingerprint density at radius 2 is 0.500 bits per heavy atom. The van der Waals surface area contributed by atoms with E-state index < -0.39 is 0 Å². The Morgan fingerprint density at radius 1 is 0.177 bits per heavy atom. The number of hydrogen-bond donors (Lipinski definition) is 0. The number of rotatable bonds is 8. The predicted octanol–water partition coefficient (Wildman–Crippen LogP) is 24.7. The van der Waals surface area contributed by atoms with Crippen LogP contribution in [0.25, 0.3) is 187 Å². The molecule has 4 nitrogen and oxygen atoms in total. The second kappa shape index (κ2) is 23.7. The second-order valence-electron chi connectivity index (χ2n) is 24.7. The summed E-state index contributed by atoms with van der Waals surface area (Å²) in [6.45, 7) is 0. The minimum Gasteiger partial charge on any atom is -0.265 e. The van der Waals surface area contributed by atoms with Crippen molar-refractivity contribution in [2.24, 2.45) is 0 Å². The van der Waals surface area contributed by atoms with Gasteiger partial charge in [0.05, 0.1) is 27.9 Å². The molecule has 4 heterocycles. The number of benzene rings is 15. The Bertz CT molecular complexity index is 6230. The van der Waals surface area contributed by atoms with Gasteiger partial charge >= 0.3 is 0 Å². The first-order valence-corrected chi connectivity index (χ1v) is 32.7. The van der Waals surface area contributed by atoms with E-state index >= 15 is 0 Å². The van der Waals surface area contributed by atoms with Gasteiger partial charge in [-0.25, -0.2) is 9.97 Å². The van der Waals surface area contributed by atoms with Crippen molar-refractivity contribution in [2.75, 3.05) is 0 Å². The maximum Gasteiger partial charge on any atom is 0.0794 e. The highest BCUT2D eigenvalue weighted by atomic mass is 14.7. The highest BCUT2D eigenvalue weighted by molar-refractivity contribution is 6.21. The summed E-state index contributed by atoms with van der Waals surface area (Å²) in [6, 6.07) is 120. The number of aromatic nitrogens is 4. The molecule has 0 atom stereocenters. The molecule has 15 aromatic carbocycles. The molecule has 19 aromatic rings. The SMILES string of the molecule is c1ccc2c(-c3cc4c(-c5cccc6ccccc56)cc(-c5ccc(-c6ccnc7ccccc67)cc5)nc4c4ccccc34)cccc2c1.c1ccc2c(-c3cc4c(-c5cccc6ccccc56)cc(-c5ccc(-c6ccncc6)cc5)nc4c4ccccc34)cccc2c1. The topological polar surface area (TPSA) is 51.6 Å². The van der Waals surface area contributed by atoms with Crippen molar-refractivity contribution in [1.29, 1.82) is 0 Å². The summed E-state index contributed by atoms with van der Waals surface area (Å²) in [5, 5.41) is 18.0. The Labute approximate surface area is 555 Å². The number of pyridine rings is 4. The molecule has 0 fully saturated rings. The van der Waals surface area contributed by atoms with Gasteiger partial charge in [-0.05, 0) is 169 Å². The summed E-state index contributed by atoms with van der Waals surface area (Å²) in [5.41, 5.74) is 21.4. The number of fused-ring (bicyclic) bond motifs is 11. The van der Waals surface area contributed by atoms with Crippen LogP contribution in [-0.4, -0.2) is 19.9 Å².